The maximum absolute atomic E-state index is 12.4. The highest BCUT2D eigenvalue weighted by molar-refractivity contribution is 5.90. The topological polar surface area (TPSA) is 146 Å². The summed E-state index contributed by atoms with van der Waals surface area (Å²) in [5.41, 5.74) is 3.29. The SMILES string of the molecule is O=C(OCCCOC(=O)c1ccc(N=Nc2ccc(OCC3CO3)cc2)cc1)c1ccc(N=Nc2ccc(OCC3CO3)cc2)cc1. The second-order valence-corrected chi connectivity index (χ2v) is 10.6. The number of carbonyl (C=O) groups excluding carboxylic acids is 2. The van der Waals surface area contributed by atoms with Crippen molar-refractivity contribution in [3.05, 3.63) is 108 Å². The van der Waals surface area contributed by atoms with Gasteiger partial charge in [0.25, 0.3) is 0 Å². The highest BCUT2D eigenvalue weighted by Gasteiger charge is 2.23. The minimum Gasteiger partial charge on any atom is -0.491 e. The van der Waals surface area contributed by atoms with Crippen molar-refractivity contribution in [1.82, 2.24) is 0 Å². The predicted molar refractivity (Wildman–Crippen MR) is 170 cm³/mol. The van der Waals surface area contributed by atoms with Crippen LogP contribution in [0.5, 0.6) is 11.5 Å². The molecule has 2 aliphatic rings. The number of epoxide rings is 2. The molecule has 0 amide bonds. The third kappa shape index (κ3) is 10.3. The second-order valence-electron chi connectivity index (χ2n) is 10.6. The van der Waals surface area contributed by atoms with Crippen LogP contribution < -0.4 is 9.47 Å². The van der Waals surface area contributed by atoms with E-state index in [9.17, 15) is 9.59 Å². The van der Waals surface area contributed by atoms with E-state index >= 15 is 0 Å². The molecule has 2 atom stereocenters. The van der Waals surface area contributed by atoms with Crippen molar-refractivity contribution in [2.75, 3.05) is 39.6 Å². The maximum Gasteiger partial charge on any atom is 0.338 e. The highest BCUT2D eigenvalue weighted by atomic mass is 16.6. The van der Waals surface area contributed by atoms with Gasteiger partial charge in [-0.3, -0.25) is 0 Å². The van der Waals surface area contributed by atoms with Crippen LogP contribution in [0, 0.1) is 0 Å². The summed E-state index contributed by atoms with van der Waals surface area (Å²) in [6, 6.07) is 27.8. The van der Waals surface area contributed by atoms with Crippen LogP contribution in [0.3, 0.4) is 0 Å². The monoisotopic (exact) mass is 636 g/mol. The first-order valence-corrected chi connectivity index (χ1v) is 15.1. The Labute approximate surface area is 271 Å². The van der Waals surface area contributed by atoms with Gasteiger partial charge >= 0.3 is 11.9 Å². The standard InChI is InChI=1S/C35H32N4O8/c40-34(24-2-6-26(7-3-24)36-38-28-10-14-30(15-11-28)44-20-32-22-46-32)42-18-1-19-43-35(41)25-4-8-27(9-5-25)37-39-29-12-16-31(17-13-29)45-21-33-23-47-33/h2-17,32-33H,1,18-23H2. The van der Waals surface area contributed by atoms with Gasteiger partial charge in [0.2, 0.25) is 0 Å². The molecule has 2 fully saturated rings. The van der Waals surface area contributed by atoms with Crippen molar-refractivity contribution in [3.63, 3.8) is 0 Å². The van der Waals surface area contributed by atoms with E-state index < -0.39 is 11.9 Å². The van der Waals surface area contributed by atoms with Crippen molar-refractivity contribution in [3.8, 4) is 11.5 Å². The van der Waals surface area contributed by atoms with Gasteiger partial charge in [0.05, 0.1) is 60.3 Å². The first-order chi connectivity index (χ1) is 23.1. The van der Waals surface area contributed by atoms with Gasteiger partial charge in [-0.25, -0.2) is 9.59 Å². The van der Waals surface area contributed by atoms with Crippen molar-refractivity contribution < 1.29 is 38.0 Å². The third-order valence-electron chi connectivity index (χ3n) is 6.87. The average molecular weight is 637 g/mol. The van der Waals surface area contributed by atoms with Crippen LogP contribution >= 0.6 is 0 Å². The maximum atomic E-state index is 12.4. The number of ether oxygens (including phenoxy) is 6. The predicted octanol–water partition coefficient (Wildman–Crippen LogP) is 7.48. The molecule has 0 aliphatic carbocycles. The molecule has 12 nitrogen and oxygen atoms in total. The normalized spacial score (nSPS) is 16.6. The summed E-state index contributed by atoms with van der Waals surface area (Å²) in [5, 5.41) is 16.8. The first kappa shape index (κ1) is 31.5. The van der Waals surface area contributed by atoms with Crippen LogP contribution in [0.4, 0.5) is 22.7 Å². The average Bonchev–Trinajstić information content (AvgIpc) is 4.05. The van der Waals surface area contributed by atoms with Gasteiger partial charge in [0.15, 0.2) is 0 Å². The Bertz CT molecular complexity index is 1560. The van der Waals surface area contributed by atoms with Gasteiger partial charge in [-0.1, -0.05) is 0 Å². The summed E-state index contributed by atoms with van der Waals surface area (Å²) in [6.07, 6.45) is 0.752. The molecule has 0 saturated carbocycles. The van der Waals surface area contributed by atoms with E-state index in [1.807, 2.05) is 48.5 Å². The quantitative estimate of drug-likeness (QED) is 0.0533. The molecule has 12 heteroatoms. The zero-order valence-electron chi connectivity index (χ0n) is 25.4. The van der Waals surface area contributed by atoms with Crippen LogP contribution in [-0.2, 0) is 18.9 Å². The fraction of sp³-hybridized carbons (Fsp3) is 0.257. The largest absolute Gasteiger partial charge is 0.491 e. The fourth-order valence-electron chi connectivity index (χ4n) is 4.04. The molecule has 2 saturated heterocycles. The molecule has 2 unspecified atom stereocenters. The third-order valence-corrected chi connectivity index (χ3v) is 6.87. The number of carbonyl (C=O) groups is 2. The Balaban J connectivity index is 0.863. The van der Waals surface area contributed by atoms with Crippen molar-refractivity contribution in [2.45, 2.75) is 18.6 Å². The van der Waals surface area contributed by atoms with Crippen LogP contribution in [0.2, 0.25) is 0 Å². The van der Waals surface area contributed by atoms with Crippen molar-refractivity contribution in [1.29, 1.82) is 0 Å². The van der Waals surface area contributed by atoms with E-state index in [4.69, 9.17) is 28.4 Å². The smallest absolute Gasteiger partial charge is 0.338 e. The molecule has 47 heavy (non-hydrogen) atoms. The van der Waals surface area contributed by atoms with Gasteiger partial charge in [-0.15, -0.1) is 0 Å². The van der Waals surface area contributed by atoms with Gasteiger partial charge in [0, 0.05) is 6.42 Å². The summed E-state index contributed by atoms with van der Waals surface area (Å²) in [7, 11) is 0. The molecule has 2 aliphatic heterocycles. The molecular formula is C35H32N4O8. The van der Waals surface area contributed by atoms with Crippen LogP contribution in [0.1, 0.15) is 27.1 Å². The Morgan fingerprint density at radius 2 is 0.851 bits per heavy atom. The Hall–Kier alpha value is -5.46. The molecule has 4 aromatic rings. The Morgan fingerprint density at radius 3 is 1.17 bits per heavy atom. The summed E-state index contributed by atoms with van der Waals surface area (Å²) < 4.78 is 32.1. The van der Waals surface area contributed by atoms with Crippen LogP contribution in [0.25, 0.3) is 0 Å². The number of esters is 2. The molecule has 0 N–H and O–H groups in total. The Kier molecular flexibility index (Phi) is 10.5. The molecule has 2 heterocycles. The molecule has 0 radical (unpaired) electrons. The van der Waals surface area contributed by atoms with E-state index in [-0.39, 0.29) is 25.4 Å². The van der Waals surface area contributed by atoms with E-state index in [1.165, 1.54) is 0 Å². The Morgan fingerprint density at radius 1 is 0.532 bits per heavy atom. The van der Waals surface area contributed by atoms with Crippen molar-refractivity contribution in [2.24, 2.45) is 20.5 Å². The molecule has 0 spiro atoms. The van der Waals surface area contributed by atoms with Crippen LogP contribution in [0.15, 0.2) is 118 Å². The molecule has 4 aromatic carbocycles. The lowest BCUT2D eigenvalue weighted by Crippen LogP contribution is -2.11. The number of hydrogen-bond donors (Lipinski definition) is 0. The number of benzene rings is 4. The highest BCUT2D eigenvalue weighted by Crippen LogP contribution is 2.24. The van der Waals surface area contributed by atoms with Gasteiger partial charge < -0.3 is 28.4 Å². The van der Waals surface area contributed by atoms with Crippen LogP contribution in [-0.4, -0.2) is 63.8 Å². The lowest BCUT2D eigenvalue weighted by atomic mass is 10.2. The summed E-state index contributed by atoms with van der Waals surface area (Å²) >= 11 is 0. The summed E-state index contributed by atoms with van der Waals surface area (Å²) in [4.78, 5) is 24.8. The first-order valence-electron chi connectivity index (χ1n) is 15.1. The molecule has 0 bridgehead atoms. The minimum atomic E-state index is -0.482. The summed E-state index contributed by atoms with van der Waals surface area (Å²) in [5.74, 6) is 0.529. The van der Waals surface area contributed by atoms with Gasteiger partial charge in [-0.05, 0) is 97.1 Å². The lowest BCUT2D eigenvalue weighted by molar-refractivity contribution is 0.0396. The van der Waals surface area contributed by atoms with Gasteiger partial charge in [0.1, 0.15) is 36.9 Å². The molecule has 6 rings (SSSR count). The number of rotatable bonds is 16. The zero-order chi connectivity index (χ0) is 32.3. The fourth-order valence-corrected chi connectivity index (χ4v) is 4.04. The number of nitrogens with zero attached hydrogens (tertiary/aromatic N) is 4. The second kappa shape index (κ2) is 15.7. The molecule has 240 valence electrons. The number of azo groups is 2. The van der Waals surface area contributed by atoms with E-state index in [0.717, 1.165) is 24.7 Å². The van der Waals surface area contributed by atoms with E-state index in [2.05, 4.69) is 20.5 Å². The summed E-state index contributed by atoms with van der Waals surface area (Å²) in [6.45, 7) is 2.78. The number of hydrogen-bond acceptors (Lipinski definition) is 12. The molecule has 0 aromatic heterocycles. The van der Waals surface area contributed by atoms with E-state index in [1.54, 1.807) is 48.5 Å². The van der Waals surface area contributed by atoms with E-state index in [0.29, 0.717) is 53.5 Å². The molecular weight excluding hydrogens is 604 g/mol. The zero-order valence-corrected chi connectivity index (χ0v) is 25.4. The lowest BCUT2D eigenvalue weighted by Gasteiger charge is -2.07. The van der Waals surface area contributed by atoms with Gasteiger partial charge in [-0.2, -0.15) is 20.5 Å². The van der Waals surface area contributed by atoms with Crippen molar-refractivity contribution >= 4 is 34.7 Å². The minimum absolute atomic E-state index is 0.0995.